The van der Waals surface area contributed by atoms with E-state index in [1.54, 1.807) is 11.3 Å². The lowest BCUT2D eigenvalue weighted by atomic mass is 10.1. The van der Waals surface area contributed by atoms with Crippen LogP contribution in [0, 0.1) is 6.92 Å². The van der Waals surface area contributed by atoms with Crippen LogP contribution in [-0.4, -0.2) is 11.7 Å². The summed E-state index contributed by atoms with van der Waals surface area (Å²) in [6.07, 6.45) is 0. The van der Waals surface area contributed by atoms with E-state index in [0.717, 1.165) is 0 Å². The van der Waals surface area contributed by atoms with Crippen LogP contribution >= 0.6 is 11.3 Å². The summed E-state index contributed by atoms with van der Waals surface area (Å²) in [6, 6.07) is 8.66. The maximum absolute atomic E-state index is 9.07. The lowest BCUT2D eigenvalue weighted by Crippen LogP contribution is -1.94. The van der Waals surface area contributed by atoms with Crippen molar-refractivity contribution in [3.05, 3.63) is 34.7 Å². The molecule has 1 N–H and O–H groups in total. The van der Waals surface area contributed by atoms with Crippen LogP contribution in [0.25, 0.3) is 10.1 Å². The largest absolute Gasteiger partial charge is 0.396 e. The van der Waals surface area contributed by atoms with Crippen molar-refractivity contribution in [1.82, 2.24) is 0 Å². The highest BCUT2D eigenvalue weighted by atomic mass is 32.1. The molecule has 0 bridgehead atoms. The van der Waals surface area contributed by atoms with Gasteiger partial charge in [-0.05, 0) is 30.0 Å². The van der Waals surface area contributed by atoms with Gasteiger partial charge < -0.3 is 5.11 Å². The zero-order valence-corrected chi connectivity index (χ0v) is 9.27. The molecule has 0 aliphatic carbocycles. The van der Waals surface area contributed by atoms with E-state index in [4.69, 9.17) is 5.11 Å². The summed E-state index contributed by atoms with van der Waals surface area (Å²) < 4.78 is 1.32. The Morgan fingerprint density at radius 1 is 1.36 bits per heavy atom. The van der Waals surface area contributed by atoms with Crippen molar-refractivity contribution in [3.8, 4) is 0 Å². The summed E-state index contributed by atoms with van der Waals surface area (Å²) in [7, 11) is 0. The van der Waals surface area contributed by atoms with Gasteiger partial charge in [0.2, 0.25) is 0 Å². The third-order valence-corrected chi connectivity index (χ3v) is 3.78. The first-order valence-electron chi connectivity index (χ1n) is 4.81. The van der Waals surface area contributed by atoms with Gasteiger partial charge in [-0.15, -0.1) is 11.3 Å². The standard InChI is InChI=1S/C12H14OS/c1-8-3-4-10-6-11(9(2)7-13)14-12(10)5-8/h3-6,9,13H,7H2,1-2H3. The number of benzene rings is 1. The molecule has 1 aromatic heterocycles. The van der Waals surface area contributed by atoms with Crippen LogP contribution < -0.4 is 0 Å². The zero-order valence-electron chi connectivity index (χ0n) is 8.45. The van der Waals surface area contributed by atoms with Gasteiger partial charge in [-0.2, -0.15) is 0 Å². The molecule has 0 radical (unpaired) electrons. The molecule has 0 saturated carbocycles. The van der Waals surface area contributed by atoms with Crippen molar-refractivity contribution in [1.29, 1.82) is 0 Å². The molecule has 0 spiro atoms. The van der Waals surface area contributed by atoms with E-state index in [1.807, 2.05) is 0 Å². The Morgan fingerprint density at radius 2 is 2.14 bits per heavy atom. The number of aliphatic hydroxyl groups excluding tert-OH is 1. The molecule has 2 heteroatoms. The van der Waals surface area contributed by atoms with E-state index in [1.165, 1.54) is 20.5 Å². The number of hydrogen-bond acceptors (Lipinski definition) is 2. The topological polar surface area (TPSA) is 20.2 Å². The second-order valence-corrected chi connectivity index (χ2v) is 4.89. The fraction of sp³-hybridized carbons (Fsp3) is 0.333. The third-order valence-electron chi connectivity index (χ3n) is 2.45. The van der Waals surface area contributed by atoms with Crippen molar-refractivity contribution in [3.63, 3.8) is 0 Å². The molecular weight excluding hydrogens is 192 g/mol. The zero-order chi connectivity index (χ0) is 10.1. The predicted octanol–water partition coefficient (Wildman–Crippen LogP) is 3.31. The monoisotopic (exact) mass is 206 g/mol. The number of thiophene rings is 1. The second-order valence-electron chi connectivity index (χ2n) is 3.77. The molecule has 0 aliphatic heterocycles. The van der Waals surface area contributed by atoms with Crippen molar-refractivity contribution in [2.75, 3.05) is 6.61 Å². The van der Waals surface area contributed by atoms with E-state index >= 15 is 0 Å². The van der Waals surface area contributed by atoms with Crippen LogP contribution in [0.3, 0.4) is 0 Å². The van der Waals surface area contributed by atoms with Gasteiger partial charge in [0.25, 0.3) is 0 Å². The van der Waals surface area contributed by atoms with Crippen LogP contribution in [-0.2, 0) is 0 Å². The van der Waals surface area contributed by atoms with Gasteiger partial charge in [-0.1, -0.05) is 19.1 Å². The van der Waals surface area contributed by atoms with Crippen molar-refractivity contribution >= 4 is 21.4 Å². The third kappa shape index (κ3) is 1.68. The van der Waals surface area contributed by atoms with Crippen LogP contribution in [0.4, 0.5) is 0 Å². The minimum atomic E-state index is 0.228. The first kappa shape index (κ1) is 9.69. The highest BCUT2D eigenvalue weighted by Crippen LogP contribution is 2.31. The molecule has 2 aromatic rings. The molecular formula is C12H14OS. The van der Waals surface area contributed by atoms with Gasteiger partial charge in [0.05, 0.1) is 6.61 Å². The van der Waals surface area contributed by atoms with Crippen molar-refractivity contribution in [2.45, 2.75) is 19.8 Å². The van der Waals surface area contributed by atoms with Gasteiger partial charge in [0.15, 0.2) is 0 Å². The Bertz CT molecular complexity index is 445. The normalized spacial score (nSPS) is 13.4. The summed E-state index contributed by atoms with van der Waals surface area (Å²) in [6.45, 7) is 4.39. The summed E-state index contributed by atoms with van der Waals surface area (Å²) >= 11 is 1.78. The van der Waals surface area contributed by atoms with Gasteiger partial charge in [-0.25, -0.2) is 0 Å². The van der Waals surface area contributed by atoms with Gasteiger partial charge in [-0.3, -0.25) is 0 Å². The summed E-state index contributed by atoms with van der Waals surface area (Å²) in [5, 5.41) is 10.4. The number of hydrogen-bond donors (Lipinski definition) is 1. The highest BCUT2D eigenvalue weighted by molar-refractivity contribution is 7.19. The molecule has 74 valence electrons. The number of aryl methyl sites for hydroxylation is 1. The van der Waals surface area contributed by atoms with Crippen LogP contribution in [0.2, 0.25) is 0 Å². The fourth-order valence-corrected chi connectivity index (χ4v) is 2.70. The van der Waals surface area contributed by atoms with Crippen LogP contribution in [0.1, 0.15) is 23.3 Å². The Morgan fingerprint density at radius 3 is 2.86 bits per heavy atom. The minimum absolute atomic E-state index is 0.228. The molecule has 0 fully saturated rings. The van der Waals surface area contributed by atoms with E-state index in [0.29, 0.717) is 0 Å². The predicted molar refractivity (Wildman–Crippen MR) is 62.1 cm³/mol. The molecule has 1 unspecified atom stereocenters. The Balaban J connectivity index is 2.51. The highest BCUT2D eigenvalue weighted by Gasteiger charge is 2.08. The molecule has 1 heterocycles. The van der Waals surface area contributed by atoms with Gasteiger partial charge in [0, 0.05) is 15.5 Å². The molecule has 1 aromatic carbocycles. The average Bonchev–Trinajstić information content (AvgIpc) is 2.59. The number of aliphatic hydroxyl groups is 1. The molecule has 0 saturated heterocycles. The van der Waals surface area contributed by atoms with E-state index in [9.17, 15) is 0 Å². The van der Waals surface area contributed by atoms with E-state index in [2.05, 4.69) is 38.1 Å². The fourth-order valence-electron chi connectivity index (χ4n) is 1.49. The molecule has 14 heavy (non-hydrogen) atoms. The quantitative estimate of drug-likeness (QED) is 0.799. The molecule has 1 atom stereocenters. The second kappa shape index (κ2) is 3.71. The minimum Gasteiger partial charge on any atom is -0.396 e. The van der Waals surface area contributed by atoms with Gasteiger partial charge in [0.1, 0.15) is 0 Å². The smallest absolute Gasteiger partial charge is 0.0504 e. The molecule has 0 amide bonds. The van der Waals surface area contributed by atoms with Gasteiger partial charge >= 0.3 is 0 Å². The summed E-state index contributed by atoms with van der Waals surface area (Å²) in [4.78, 5) is 1.27. The van der Waals surface area contributed by atoms with Crippen molar-refractivity contribution < 1.29 is 5.11 Å². The van der Waals surface area contributed by atoms with E-state index < -0.39 is 0 Å². The maximum Gasteiger partial charge on any atom is 0.0504 e. The Kier molecular flexibility index (Phi) is 2.57. The SMILES string of the molecule is Cc1ccc2cc(C(C)CO)sc2c1. The first-order chi connectivity index (χ1) is 6.70. The first-order valence-corrected chi connectivity index (χ1v) is 5.63. The lowest BCUT2D eigenvalue weighted by Gasteiger charge is -2.01. The lowest BCUT2D eigenvalue weighted by molar-refractivity contribution is 0.274. The average molecular weight is 206 g/mol. The summed E-state index contributed by atoms with van der Waals surface area (Å²) in [5.41, 5.74) is 1.29. The maximum atomic E-state index is 9.07. The number of rotatable bonds is 2. The number of fused-ring (bicyclic) bond motifs is 1. The molecule has 1 nitrogen and oxygen atoms in total. The molecule has 0 aliphatic rings. The van der Waals surface area contributed by atoms with Crippen molar-refractivity contribution in [2.24, 2.45) is 0 Å². The van der Waals surface area contributed by atoms with E-state index in [-0.39, 0.29) is 12.5 Å². The molecule has 2 rings (SSSR count). The Hall–Kier alpha value is -0.860. The Labute approximate surface area is 88.0 Å². The summed E-state index contributed by atoms with van der Waals surface area (Å²) in [5.74, 6) is 0.257. The van der Waals surface area contributed by atoms with Crippen LogP contribution in [0.15, 0.2) is 24.3 Å². The van der Waals surface area contributed by atoms with Crippen LogP contribution in [0.5, 0.6) is 0 Å².